The molecule has 0 aliphatic carbocycles. The van der Waals surface area contributed by atoms with Crippen LogP contribution in [0.5, 0.6) is 5.75 Å². The van der Waals surface area contributed by atoms with Crippen molar-refractivity contribution < 1.29 is 14.6 Å². The molecule has 0 aliphatic heterocycles. The molecule has 2 heterocycles. The number of ether oxygens (including phenoxy) is 1. The van der Waals surface area contributed by atoms with Gasteiger partial charge in [-0.1, -0.05) is 12.1 Å². The summed E-state index contributed by atoms with van der Waals surface area (Å²) in [6.45, 7) is 0.575. The number of nitrogens with zero attached hydrogens (tertiary/aromatic N) is 3. The van der Waals surface area contributed by atoms with Crippen LogP contribution in [0.15, 0.2) is 54.9 Å². The predicted octanol–water partition coefficient (Wildman–Crippen LogP) is 3.20. The van der Waals surface area contributed by atoms with E-state index in [0.29, 0.717) is 23.5 Å². The van der Waals surface area contributed by atoms with Crippen LogP contribution in [0.4, 0.5) is 5.95 Å². The fourth-order valence-electron chi connectivity index (χ4n) is 2.84. The fourth-order valence-corrected chi connectivity index (χ4v) is 2.84. The largest absolute Gasteiger partial charge is 0.497 e. The summed E-state index contributed by atoms with van der Waals surface area (Å²) in [6.07, 6.45) is 3.42. The number of carboxylic acid groups (broad SMARTS) is 1. The molecule has 0 spiro atoms. The van der Waals surface area contributed by atoms with E-state index >= 15 is 0 Å². The minimum Gasteiger partial charge on any atom is -0.497 e. The number of rotatable bonds is 5. The number of carboxylic acids is 1. The molecule has 7 nitrogen and oxygen atoms in total. The molecule has 4 aromatic rings. The Labute approximate surface area is 148 Å². The van der Waals surface area contributed by atoms with Gasteiger partial charge in [0.2, 0.25) is 5.95 Å². The number of hydrogen-bond donors (Lipinski definition) is 2. The summed E-state index contributed by atoms with van der Waals surface area (Å²) < 4.78 is 7.04. The second-order valence-corrected chi connectivity index (χ2v) is 5.81. The van der Waals surface area contributed by atoms with Crippen LogP contribution in [-0.2, 0) is 6.54 Å². The number of hydrogen-bond acceptors (Lipinski definition) is 5. The van der Waals surface area contributed by atoms with Crippen molar-refractivity contribution in [1.82, 2.24) is 14.4 Å². The maximum Gasteiger partial charge on any atom is 0.335 e. The van der Waals surface area contributed by atoms with E-state index in [1.54, 1.807) is 37.7 Å². The third-order valence-electron chi connectivity index (χ3n) is 4.20. The van der Waals surface area contributed by atoms with Gasteiger partial charge in [0.15, 0.2) is 0 Å². The number of anilines is 1. The number of imidazole rings is 1. The topological polar surface area (TPSA) is 88.8 Å². The smallest absolute Gasteiger partial charge is 0.335 e. The number of benzene rings is 2. The van der Waals surface area contributed by atoms with Crippen molar-refractivity contribution in [2.24, 2.45) is 0 Å². The highest BCUT2D eigenvalue weighted by Gasteiger charge is 2.11. The van der Waals surface area contributed by atoms with E-state index in [2.05, 4.69) is 15.3 Å². The van der Waals surface area contributed by atoms with Crippen LogP contribution in [0.25, 0.3) is 16.6 Å². The molecule has 0 atom stereocenters. The Morgan fingerprint density at radius 2 is 1.92 bits per heavy atom. The summed E-state index contributed by atoms with van der Waals surface area (Å²) in [4.78, 5) is 20.1. The van der Waals surface area contributed by atoms with Gasteiger partial charge in [-0.3, -0.25) is 9.38 Å². The molecule has 0 unspecified atom stereocenters. The van der Waals surface area contributed by atoms with Crippen molar-refractivity contribution >= 4 is 28.5 Å². The summed E-state index contributed by atoms with van der Waals surface area (Å²) in [6, 6.07) is 12.6. The fraction of sp³-hybridized carbons (Fsp3) is 0.105. The molecular weight excluding hydrogens is 332 g/mol. The van der Waals surface area contributed by atoms with Crippen LogP contribution in [-0.4, -0.2) is 32.6 Å². The number of nitrogens with one attached hydrogen (secondary N) is 1. The molecule has 2 aromatic heterocycles. The lowest BCUT2D eigenvalue weighted by molar-refractivity contribution is 0.0697. The monoisotopic (exact) mass is 348 g/mol. The molecular formula is C19H16N4O3. The van der Waals surface area contributed by atoms with Crippen LogP contribution in [0, 0.1) is 0 Å². The minimum atomic E-state index is -0.975. The Hall–Kier alpha value is -3.61. The number of fused-ring (bicyclic) bond motifs is 3. The normalized spacial score (nSPS) is 11.0. The molecule has 2 N–H and O–H groups in total. The summed E-state index contributed by atoms with van der Waals surface area (Å²) in [7, 11) is 1.63. The van der Waals surface area contributed by atoms with E-state index in [1.807, 2.05) is 28.7 Å². The predicted molar refractivity (Wildman–Crippen MR) is 97.8 cm³/mol. The highest BCUT2D eigenvalue weighted by molar-refractivity contribution is 5.93. The van der Waals surface area contributed by atoms with Crippen LogP contribution in [0.2, 0.25) is 0 Å². The van der Waals surface area contributed by atoms with E-state index in [9.17, 15) is 9.90 Å². The van der Waals surface area contributed by atoms with Gasteiger partial charge in [-0.05, 0) is 35.9 Å². The highest BCUT2D eigenvalue weighted by atomic mass is 16.5. The molecule has 0 saturated heterocycles. The van der Waals surface area contributed by atoms with Crippen LogP contribution in [0.1, 0.15) is 15.9 Å². The number of aromatic nitrogens is 3. The van der Waals surface area contributed by atoms with E-state index in [0.717, 1.165) is 16.8 Å². The Balaban J connectivity index is 1.72. The van der Waals surface area contributed by atoms with Gasteiger partial charge in [-0.25, -0.2) is 9.78 Å². The van der Waals surface area contributed by atoms with Crippen molar-refractivity contribution in [3.8, 4) is 5.75 Å². The quantitative estimate of drug-likeness (QED) is 0.576. The Bertz CT molecular complexity index is 1100. The number of methoxy groups -OCH3 is 1. The van der Waals surface area contributed by atoms with Crippen LogP contribution >= 0.6 is 0 Å². The maximum absolute atomic E-state index is 11.3. The van der Waals surface area contributed by atoms with Crippen molar-refractivity contribution in [2.75, 3.05) is 12.4 Å². The molecule has 130 valence electrons. The van der Waals surface area contributed by atoms with Gasteiger partial charge in [0, 0.05) is 6.54 Å². The van der Waals surface area contributed by atoms with Gasteiger partial charge in [0.05, 0.1) is 41.6 Å². The molecule has 2 aromatic carbocycles. The second-order valence-electron chi connectivity index (χ2n) is 5.81. The van der Waals surface area contributed by atoms with Crippen LogP contribution < -0.4 is 10.1 Å². The van der Waals surface area contributed by atoms with Crippen LogP contribution in [0.3, 0.4) is 0 Å². The van der Waals surface area contributed by atoms with Gasteiger partial charge in [0.25, 0.3) is 0 Å². The zero-order valence-electron chi connectivity index (χ0n) is 14.0. The van der Waals surface area contributed by atoms with E-state index < -0.39 is 5.97 Å². The number of aromatic carboxylic acids is 1. The Kier molecular flexibility index (Phi) is 3.89. The lowest BCUT2D eigenvalue weighted by Crippen LogP contribution is -2.05. The summed E-state index contributed by atoms with van der Waals surface area (Å²) in [5, 5.41) is 12.6. The average molecular weight is 348 g/mol. The molecule has 7 heteroatoms. The highest BCUT2D eigenvalue weighted by Crippen LogP contribution is 2.21. The lowest BCUT2D eigenvalue weighted by atomic mass is 10.2. The van der Waals surface area contributed by atoms with Crippen molar-refractivity contribution in [1.29, 1.82) is 0 Å². The SMILES string of the molecule is COc1ccc(CNc2ncc3cnc4ccc(C(=O)O)cc4n23)cc1. The molecule has 26 heavy (non-hydrogen) atoms. The molecule has 0 amide bonds. The van der Waals surface area contributed by atoms with Gasteiger partial charge < -0.3 is 15.2 Å². The van der Waals surface area contributed by atoms with Gasteiger partial charge >= 0.3 is 5.97 Å². The molecule has 0 aliphatic rings. The average Bonchev–Trinajstić information content (AvgIpc) is 3.10. The third kappa shape index (κ3) is 2.79. The molecule has 0 radical (unpaired) electrons. The van der Waals surface area contributed by atoms with Crippen molar-refractivity contribution in [3.05, 3.63) is 66.0 Å². The van der Waals surface area contributed by atoms with E-state index in [-0.39, 0.29) is 5.56 Å². The Morgan fingerprint density at radius 1 is 1.15 bits per heavy atom. The molecule has 0 bridgehead atoms. The van der Waals surface area contributed by atoms with Gasteiger partial charge in [0.1, 0.15) is 5.75 Å². The first-order valence-corrected chi connectivity index (χ1v) is 8.02. The van der Waals surface area contributed by atoms with Gasteiger partial charge in [-0.15, -0.1) is 0 Å². The third-order valence-corrected chi connectivity index (χ3v) is 4.20. The van der Waals surface area contributed by atoms with Gasteiger partial charge in [-0.2, -0.15) is 0 Å². The first-order chi connectivity index (χ1) is 12.7. The molecule has 4 rings (SSSR count). The van der Waals surface area contributed by atoms with E-state index in [1.165, 1.54) is 0 Å². The minimum absolute atomic E-state index is 0.210. The van der Waals surface area contributed by atoms with Crippen molar-refractivity contribution in [3.63, 3.8) is 0 Å². The zero-order chi connectivity index (χ0) is 18.1. The summed E-state index contributed by atoms with van der Waals surface area (Å²) in [5.74, 6) is 0.459. The summed E-state index contributed by atoms with van der Waals surface area (Å²) in [5.41, 5.74) is 3.47. The lowest BCUT2D eigenvalue weighted by Gasteiger charge is -2.09. The second kappa shape index (κ2) is 6.36. The molecule has 0 fully saturated rings. The first-order valence-electron chi connectivity index (χ1n) is 8.02. The van der Waals surface area contributed by atoms with E-state index in [4.69, 9.17) is 4.74 Å². The van der Waals surface area contributed by atoms with Crippen molar-refractivity contribution in [2.45, 2.75) is 6.54 Å². The molecule has 0 saturated carbocycles. The summed E-state index contributed by atoms with van der Waals surface area (Å²) >= 11 is 0. The Morgan fingerprint density at radius 3 is 2.65 bits per heavy atom. The number of carbonyl (C=O) groups is 1. The standard InChI is InChI=1S/C19H16N4O3/c1-26-15-5-2-12(3-6-15)9-21-19-22-11-14-10-20-16-7-4-13(18(24)25)8-17(16)23(14)19/h2-8,10-11H,9H2,1H3,(H,21,22)(H,24,25). The first kappa shape index (κ1) is 15.9. The zero-order valence-corrected chi connectivity index (χ0v) is 14.0. The maximum atomic E-state index is 11.3.